The minimum atomic E-state index is -0.280. The van der Waals surface area contributed by atoms with Crippen LogP contribution in [0, 0.1) is 6.92 Å². The highest BCUT2D eigenvalue weighted by Gasteiger charge is 2.12. The maximum absolute atomic E-state index is 12.4. The topological polar surface area (TPSA) is 71.1 Å². The first-order chi connectivity index (χ1) is 11.6. The van der Waals surface area contributed by atoms with Crippen LogP contribution in [0.25, 0.3) is 0 Å². The monoisotopic (exact) mass is 325 g/mol. The predicted octanol–water partition coefficient (Wildman–Crippen LogP) is 3.56. The zero-order valence-electron chi connectivity index (χ0n) is 14.1. The number of hydrogen-bond acceptors (Lipinski definition) is 3. The smallest absolute Gasteiger partial charge is 0.257 e. The van der Waals surface area contributed by atoms with E-state index in [0.717, 1.165) is 30.5 Å². The molecule has 2 N–H and O–H groups in total. The summed E-state index contributed by atoms with van der Waals surface area (Å²) in [7, 11) is 0. The van der Waals surface area contributed by atoms with Crippen LogP contribution in [-0.2, 0) is 0 Å². The number of carbonyl (C=O) groups is 2. The van der Waals surface area contributed by atoms with Crippen molar-refractivity contribution in [2.75, 3.05) is 11.9 Å². The van der Waals surface area contributed by atoms with Crippen LogP contribution in [0.3, 0.4) is 0 Å². The van der Waals surface area contributed by atoms with E-state index in [4.69, 9.17) is 0 Å². The number of rotatable bonds is 7. The molecule has 1 aromatic carbocycles. The Bertz CT molecular complexity index is 713. The Morgan fingerprint density at radius 1 is 1.04 bits per heavy atom. The molecule has 0 aliphatic heterocycles. The van der Waals surface area contributed by atoms with Gasteiger partial charge in [0.2, 0.25) is 0 Å². The van der Waals surface area contributed by atoms with E-state index in [-0.39, 0.29) is 11.8 Å². The highest BCUT2D eigenvalue weighted by molar-refractivity contribution is 6.06. The molecule has 0 fully saturated rings. The fourth-order valence-corrected chi connectivity index (χ4v) is 2.27. The molecule has 2 aromatic rings. The molecule has 126 valence electrons. The zero-order valence-corrected chi connectivity index (χ0v) is 14.1. The molecule has 2 rings (SSSR count). The number of benzene rings is 1. The van der Waals surface area contributed by atoms with E-state index in [9.17, 15) is 9.59 Å². The molecular formula is C19H23N3O2. The highest BCUT2D eigenvalue weighted by atomic mass is 16.2. The lowest BCUT2D eigenvalue weighted by molar-refractivity contribution is 0.0952. The van der Waals surface area contributed by atoms with Crippen LogP contribution < -0.4 is 10.6 Å². The van der Waals surface area contributed by atoms with Crippen molar-refractivity contribution in [3.63, 3.8) is 0 Å². The number of unbranched alkanes of at least 4 members (excludes halogenated alkanes) is 2. The Hall–Kier alpha value is -2.69. The summed E-state index contributed by atoms with van der Waals surface area (Å²) in [5, 5.41) is 5.69. The number of nitrogens with zero attached hydrogens (tertiary/aromatic N) is 1. The van der Waals surface area contributed by atoms with Gasteiger partial charge in [-0.3, -0.25) is 14.6 Å². The summed E-state index contributed by atoms with van der Waals surface area (Å²) >= 11 is 0. The van der Waals surface area contributed by atoms with E-state index < -0.39 is 0 Å². The van der Waals surface area contributed by atoms with E-state index >= 15 is 0 Å². The molecule has 0 saturated heterocycles. The molecule has 0 radical (unpaired) electrons. The minimum Gasteiger partial charge on any atom is -0.352 e. The van der Waals surface area contributed by atoms with Gasteiger partial charge < -0.3 is 10.6 Å². The van der Waals surface area contributed by atoms with Gasteiger partial charge in [0.15, 0.2) is 0 Å². The molecule has 0 aliphatic carbocycles. The second-order valence-corrected chi connectivity index (χ2v) is 5.69. The van der Waals surface area contributed by atoms with Gasteiger partial charge in [0.25, 0.3) is 11.8 Å². The van der Waals surface area contributed by atoms with Crippen LogP contribution in [0.4, 0.5) is 5.69 Å². The Morgan fingerprint density at radius 3 is 2.46 bits per heavy atom. The van der Waals surface area contributed by atoms with Crippen LogP contribution in [0.5, 0.6) is 0 Å². The summed E-state index contributed by atoms with van der Waals surface area (Å²) in [5.74, 6) is -0.485. The molecule has 0 atom stereocenters. The minimum absolute atomic E-state index is 0.204. The van der Waals surface area contributed by atoms with E-state index in [1.54, 1.807) is 6.07 Å². The summed E-state index contributed by atoms with van der Waals surface area (Å²) in [4.78, 5) is 28.5. The van der Waals surface area contributed by atoms with Crippen molar-refractivity contribution < 1.29 is 9.59 Å². The SMILES string of the molecule is CCCCCNC(=O)c1cncc(C(=O)Nc2ccccc2C)c1. The third-order valence-corrected chi connectivity index (χ3v) is 3.72. The summed E-state index contributed by atoms with van der Waals surface area (Å²) in [6.07, 6.45) is 6.06. The maximum atomic E-state index is 12.4. The number of nitrogens with one attached hydrogen (secondary N) is 2. The lowest BCUT2D eigenvalue weighted by Gasteiger charge is -2.09. The highest BCUT2D eigenvalue weighted by Crippen LogP contribution is 2.15. The second-order valence-electron chi connectivity index (χ2n) is 5.69. The van der Waals surface area contributed by atoms with Gasteiger partial charge in [-0.05, 0) is 31.0 Å². The standard InChI is InChI=1S/C19H23N3O2/c1-3-4-7-10-21-18(23)15-11-16(13-20-12-15)19(24)22-17-9-6-5-8-14(17)2/h5-6,8-9,11-13H,3-4,7,10H2,1-2H3,(H,21,23)(H,22,24). The van der Waals surface area contributed by atoms with E-state index in [1.807, 2.05) is 31.2 Å². The number of carbonyl (C=O) groups excluding carboxylic acids is 2. The normalized spacial score (nSPS) is 10.2. The summed E-state index contributed by atoms with van der Waals surface area (Å²) in [6, 6.07) is 9.10. The van der Waals surface area contributed by atoms with E-state index in [1.165, 1.54) is 12.4 Å². The Kier molecular flexibility index (Phi) is 6.49. The molecule has 24 heavy (non-hydrogen) atoms. The average Bonchev–Trinajstić information content (AvgIpc) is 2.60. The third kappa shape index (κ3) is 4.91. The average molecular weight is 325 g/mol. The number of hydrogen-bond donors (Lipinski definition) is 2. The van der Waals surface area contributed by atoms with Gasteiger partial charge in [0.05, 0.1) is 11.1 Å². The fraction of sp³-hybridized carbons (Fsp3) is 0.316. The van der Waals surface area contributed by atoms with Gasteiger partial charge in [0.1, 0.15) is 0 Å². The molecule has 1 aromatic heterocycles. The van der Waals surface area contributed by atoms with Crippen molar-refractivity contribution in [3.05, 3.63) is 59.4 Å². The number of aromatic nitrogens is 1. The van der Waals surface area contributed by atoms with Gasteiger partial charge in [-0.2, -0.15) is 0 Å². The molecule has 0 unspecified atom stereocenters. The fourth-order valence-electron chi connectivity index (χ4n) is 2.27. The van der Waals surface area contributed by atoms with Gasteiger partial charge in [-0.25, -0.2) is 0 Å². The molecular weight excluding hydrogens is 302 g/mol. The van der Waals surface area contributed by atoms with Crippen molar-refractivity contribution in [2.45, 2.75) is 33.1 Å². The van der Waals surface area contributed by atoms with Crippen molar-refractivity contribution in [2.24, 2.45) is 0 Å². The number of amides is 2. The first-order valence-electron chi connectivity index (χ1n) is 8.22. The number of anilines is 1. The van der Waals surface area contributed by atoms with Crippen molar-refractivity contribution >= 4 is 17.5 Å². The second kappa shape index (κ2) is 8.82. The molecule has 0 bridgehead atoms. The third-order valence-electron chi connectivity index (χ3n) is 3.72. The van der Waals surface area contributed by atoms with E-state index in [0.29, 0.717) is 17.7 Å². The van der Waals surface area contributed by atoms with Crippen LogP contribution >= 0.6 is 0 Å². The predicted molar refractivity (Wildman–Crippen MR) is 95.2 cm³/mol. The Balaban J connectivity index is 2.02. The largest absolute Gasteiger partial charge is 0.352 e. The van der Waals surface area contributed by atoms with Crippen molar-refractivity contribution in [3.8, 4) is 0 Å². The van der Waals surface area contributed by atoms with Crippen LogP contribution in [-0.4, -0.2) is 23.3 Å². The van der Waals surface area contributed by atoms with Crippen LogP contribution in [0.2, 0.25) is 0 Å². The quantitative estimate of drug-likeness (QED) is 0.765. The summed E-state index contributed by atoms with van der Waals surface area (Å²) in [6.45, 7) is 4.67. The molecule has 5 heteroatoms. The van der Waals surface area contributed by atoms with Gasteiger partial charge in [0, 0.05) is 24.6 Å². The molecule has 0 spiro atoms. The molecule has 1 heterocycles. The zero-order chi connectivity index (χ0) is 17.4. The van der Waals surface area contributed by atoms with E-state index in [2.05, 4.69) is 22.5 Å². The summed E-state index contributed by atoms with van der Waals surface area (Å²) in [5.41, 5.74) is 2.48. The van der Waals surface area contributed by atoms with Gasteiger partial charge in [-0.15, -0.1) is 0 Å². The first-order valence-corrected chi connectivity index (χ1v) is 8.22. The van der Waals surface area contributed by atoms with Crippen LogP contribution in [0.1, 0.15) is 52.5 Å². The van der Waals surface area contributed by atoms with Crippen molar-refractivity contribution in [1.82, 2.24) is 10.3 Å². The first kappa shape index (κ1) is 17.7. The molecule has 0 saturated carbocycles. The number of aryl methyl sites for hydroxylation is 1. The Morgan fingerprint density at radius 2 is 1.75 bits per heavy atom. The number of pyridine rings is 1. The van der Waals surface area contributed by atoms with Gasteiger partial charge >= 0.3 is 0 Å². The lowest BCUT2D eigenvalue weighted by Crippen LogP contribution is -2.25. The van der Waals surface area contributed by atoms with Gasteiger partial charge in [-0.1, -0.05) is 38.0 Å². The molecule has 5 nitrogen and oxygen atoms in total. The molecule has 0 aliphatic rings. The Labute approximate surface area is 142 Å². The maximum Gasteiger partial charge on any atom is 0.257 e. The number of para-hydroxylation sites is 1. The van der Waals surface area contributed by atoms with Crippen molar-refractivity contribution in [1.29, 1.82) is 0 Å². The van der Waals surface area contributed by atoms with Crippen LogP contribution in [0.15, 0.2) is 42.7 Å². The molecule has 2 amide bonds. The summed E-state index contributed by atoms with van der Waals surface area (Å²) < 4.78 is 0. The lowest BCUT2D eigenvalue weighted by atomic mass is 10.1.